The van der Waals surface area contributed by atoms with E-state index in [-0.39, 0.29) is 0 Å². The molecule has 1 nitrogen and oxygen atoms in total. The minimum atomic E-state index is -0.644. The van der Waals surface area contributed by atoms with Crippen LogP contribution in [0.4, 0.5) is 14.5 Å². The lowest BCUT2D eigenvalue weighted by Crippen LogP contribution is -1.91. The highest BCUT2D eigenvalue weighted by atomic mass is 35.5. The lowest BCUT2D eigenvalue weighted by Gasteiger charge is -2.06. The Hall–Kier alpha value is -1.61. The number of benzene rings is 2. The van der Waals surface area contributed by atoms with Crippen molar-refractivity contribution in [2.45, 2.75) is 0 Å². The zero-order chi connectivity index (χ0) is 11.7. The third-order valence-electron chi connectivity index (χ3n) is 2.19. The van der Waals surface area contributed by atoms with Gasteiger partial charge in [-0.05, 0) is 35.9 Å². The number of anilines is 1. The molecule has 0 spiro atoms. The zero-order valence-electron chi connectivity index (χ0n) is 8.18. The van der Waals surface area contributed by atoms with Gasteiger partial charge in [-0.15, -0.1) is 0 Å². The quantitative estimate of drug-likeness (QED) is 0.751. The number of nitrogen functional groups attached to an aromatic ring is 1. The molecule has 0 aromatic heterocycles. The highest BCUT2D eigenvalue weighted by molar-refractivity contribution is 6.31. The Morgan fingerprint density at radius 2 is 1.56 bits per heavy atom. The zero-order valence-corrected chi connectivity index (χ0v) is 8.93. The van der Waals surface area contributed by atoms with E-state index in [4.69, 9.17) is 17.3 Å². The van der Waals surface area contributed by atoms with Crippen molar-refractivity contribution in [1.82, 2.24) is 0 Å². The standard InChI is InChI=1S/C12H8ClF2N/c13-8-1-2-12(16)11(5-8)7-3-9(14)6-10(15)4-7/h1-6H,16H2. The summed E-state index contributed by atoms with van der Waals surface area (Å²) in [6, 6.07) is 8.03. The molecule has 0 radical (unpaired) electrons. The van der Waals surface area contributed by atoms with Crippen LogP contribution in [0.5, 0.6) is 0 Å². The molecule has 0 aliphatic rings. The minimum Gasteiger partial charge on any atom is -0.398 e. The average molecular weight is 240 g/mol. The van der Waals surface area contributed by atoms with E-state index in [2.05, 4.69) is 0 Å². The number of nitrogens with two attached hydrogens (primary N) is 1. The van der Waals surface area contributed by atoms with Crippen LogP contribution in [0.25, 0.3) is 11.1 Å². The van der Waals surface area contributed by atoms with Crippen LogP contribution in [0, 0.1) is 11.6 Å². The van der Waals surface area contributed by atoms with Gasteiger partial charge in [0.2, 0.25) is 0 Å². The number of hydrogen-bond donors (Lipinski definition) is 1. The second kappa shape index (κ2) is 4.10. The molecular weight excluding hydrogens is 232 g/mol. The van der Waals surface area contributed by atoms with Crippen molar-refractivity contribution in [2.24, 2.45) is 0 Å². The predicted octanol–water partition coefficient (Wildman–Crippen LogP) is 3.87. The van der Waals surface area contributed by atoms with Crippen molar-refractivity contribution >= 4 is 17.3 Å². The Kier molecular flexibility index (Phi) is 2.79. The van der Waals surface area contributed by atoms with Crippen LogP contribution in [0.2, 0.25) is 5.02 Å². The van der Waals surface area contributed by atoms with Gasteiger partial charge in [-0.2, -0.15) is 0 Å². The maximum Gasteiger partial charge on any atom is 0.126 e. The monoisotopic (exact) mass is 239 g/mol. The Bertz CT molecular complexity index is 520. The fourth-order valence-corrected chi connectivity index (χ4v) is 1.66. The Labute approximate surface area is 96.5 Å². The largest absolute Gasteiger partial charge is 0.398 e. The molecule has 0 aliphatic carbocycles. The van der Waals surface area contributed by atoms with Gasteiger partial charge >= 0.3 is 0 Å². The van der Waals surface area contributed by atoms with Crippen LogP contribution in [-0.2, 0) is 0 Å². The Morgan fingerprint density at radius 1 is 0.938 bits per heavy atom. The van der Waals surface area contributed by atoms with Gasteiger partial charge in [0, 0.05) is 22.3 Å². The second-order valence-electron chi connectivity index (χ2n) is 3.39. The van der Waals surface area contributed by atoms with Crippen molar-refractivity contribution in [3.05, 3.63) is 53.1 Å². The van der Waals surface area contributed by atoms with Gasteiger partial charge < -0.3 is 5.73 Å². The summed E-state index contributed by atoms with van der Waals surface area (Å²) in [4.78, 5) is 0. The van der Waals surface area contributed by atoms with Crippen LogP contribution in [0.3, 0.4) is 0 Å². The smallest absolute Gasteiger partial charge is 0.126 e. The molecule has 16 heavy (non-hydrogen) atoms. The van der Waals surface area contributed by atoms with Crippen LogP contribution >= 0.6 is 11.6 Å². The Balaban J connectivity index is 2.62. The molecule has 0 atom stereocenters. The van der Waals surface area contributed by atoms with E-state index in [9.17, 15) is 8.78 Å². The fourth-order valence-electron chi connectivity index (χ4n) is 1.49. The van der Waals surface area contributed by atoms with E-state index in [0.717, 1.165) is 6.07 Å². The first-order valence-electron chi connectivity index (χ1n) is 4.58. The molecule has 4 heteroatoms. The highest BCUT2D eigenvalue weighted by Crippen LogP contribution is 2.29. The molecule has 82 valence electrons. The SMILES string of the molecule is Nc1ccc(Cl)cc1-c1cc(F)cc(F)c1. The summed E-state index contributed by atoms with van der Waals surface area (Å²) >= 11 is 5.80. The third-order valence-corrected chi connectivity index (χ3v) is 2.42. The van der Waals surface area contributed by atoms with E-state index in [0.29, 0.717) is 21.8 Å². The van der Waals surface area contributed by atoms with Gasteiger partial charge in [-0.1, -0.05) is 11.6 Å². The maximum atomic E-state index is 13.0. The highest BCUT2D eigenvalue weighted by Gasteiger charge is 2.07. The van der Waals surface area contributed by atoms with E-state index < -0.39 is 11.6 Å². The van der Waals surface area contributed by atoms with Crippen molar-refractivity contribution in [2.75, 3.05) is 5.73 Å². The molecular formula is C12H8ClF2N. The van der Waals surface area contributed by atoms with Crippen molar-refractivity contribution in [3.63, 3.8) is 0 Å². The summed E-state index contributed by atoms with van der Waals surface area (Å²) in [6.07, 6.45) is 0. The maximum absolute atomic E-state index is 13.0. The second-order valence-corrected chi connectivity index (χ2v) is 3.83. The van der Waals surface area contributed by atoms with Gasteiger partial charge in [0.15, 0.2) is 0 Å². The average Bonchev–Trinajstić information content (AvgIpc) is 2.20. The molecule has 2 aromatic rings. The van der Waals surface area contributed by atoms with Crippen molar-refractivity contribution in [3.8, 4) is 11.1 Å². The van der Waals surface area contributed by atoms with E-state index in [1.54, 1.807) is 18.2 Å². The molecule has 0 aliphatic heterocycles. The van der Waals surface area contributed by atoms with Crippen LogP contribution < -0.4 is 5.73 Å². The molecule has 0 bridgehead atoms. The van der Waals surface area contributed by atoms with Gasteiger partial charge in [0.1, 0.15) is 11.6 Å². The van der Waals surface area contributed by atoms with Crippen LogP contribution in [-0.4, -0.2) is 0 Å². The fraction of sp³-hybridized carbons (Fsp3) is 0. The van der Waals surface area contributed by atoms with Crippen molar-refractivity contribution in [1.29, 1.82) is 0 Å². The molecule has 0 amide bonds. The first-order chi connectivity index (χ1) is 7.56. The molecule has 0 fully saturated rings. The summed E-state index contributed by atoms with van der Waals surface area (Å²) in [5.41, 5.74) is 7.04. The molecule has 0 saturated carbocycles. The third kappa shape index (κ3) is 2.14. The van der Waals surface area contributed by atoms with Gasteiger partial charge in [-0.25, -0.2) is 8.78 Å². The first-order valence-corrected chi connectivity index (χ1v) is 4.95. The topological polar surface area (TPSA) is 26.0 Å². The Morgan fingerprint density at radius 3 is 2.19 bits per heavy atom. The molecule has 0 heterocycles. The van der Waals surface area contributed by atoms with Crippen LogP contribution in [0.15, 0.2) is 36.4 Å². The van der Waals surface area contributed by atoms with Crippen LogP contribution in [0.1, 0.15) is 0 Å². The number of rotatable bonds is 1. The van der Waals surface area contributed by atoms with Gasteiger partial charge in [0.25, 0.3) is 0 Å². The van der Waals surface area contributed by atoms with Gasteiger partial charge in [-0.3, -0.25) is 0 Å². The van der Waals surface area contributed by atoms with Gasteiger partial charge in [0.05, 0.1) is 0 Å². The summed E-state index contributed by atoms with van der Waals surface area (Å²) in [5.74, 6) is -1.29. The number of hydrogen-bond acceptors (Lipinski definition) is 1. The van der Waals surface area contributed by atoms with E-state index in [1.807, 2.05) is 0 Å². The number of halogens is 3. The predicted molar refractivity (Wildman–Crippen MR) is 61.2 cm³/mol. The van der Waals surface area contributed by atoms with E-state index in [1.165, 1.54) is 12.1 Å². The van der Waals surface area contributed by atoms with Crippen molar-refractivity contribution < 1.29 is 8.78 Å². The lowest BCUT2D eigenvalue weighted by molar-refractivity contribution is 0.584. The molecule has 2 rings (SSSR count). The lowest BCUT2D eigenvalue weighted by atomic mass is 10.0. The summed E-state index contributed by atoms with van der Waals surface area (Å²) in [6.45, 7) is 0. The summed E-state index contributed by atoms with van der Waals surface area (Å²) in [7, 11) is 0. The first kappa shape index (κ1) is 10.9. The van der Waals surface area contributed by atoms with E-state index >= 15 is 0 Å². The summed E-state index contributed by atoms with van der Waals surface area (Å²) in [5, 5.41) is 0.467. The molecule has 0 unspecified atom stereocenters. The minimum absolute atomic E-state index is 0.373. The molecule has 2 aromatic carbocycles. The summed E-state index contributed by atoms with van der Waals surface area (Å²) < 4.78 is 26.1. The molecule has 0 saturated heterocycles. The molecule has 2 N–H and O–H groups in total. The normalized spacial score (nSPS) is 10.4.